The van der Waals surface area contributed by atoms with Gasteiger partial charge >= 0.3 is 0 Å². The number of nitrogens with zero attached hydrogens (tertiary/aromatic N) is 3. The minimum Gasteiger partial charge on any atom is -0.311 e. The van der Waals surface area contributed by atoms with Crippen molar-refractivity contribution in [1.29, 1.82) is 0 Å². The first-order valence-corrected chi connectivity index (χ1v) is 7.14. The Kier molecular flexibility index (Phi) is 3.31. The van der Waals surface area contributed by atoms with Crippen molar-refractivity contribution in [2.45, 2.75) is 12.5 Å². The summed E-state index contributed by atoms with van der Waals surface area (Å²) in [5.41, 5.74) is 4.15. The molecule has 0 saturated carbocycles. The number of aromatic nitrogens is 3. The van der Waals surface area contributed by atoms with Crippen molar-refractivity contribution in [2.75, 3.05) is 7.05 Å². The van der Waals surface area contributed by atoms with Crippen LogP contribution in [-0.4, -0.2) is 21.8 Å². The van der Waals surface area contributed by atoms with E-state index in [1.165, 1.54) is 15.8 Å². The first kappa shape index (κ1) is 12.3. The highest BCUT2D eigenvalue weighted by atomic mass is 32.1. The third kappa shape index (κ3) is 2.27. The van der Waals surface area contributed by atoms with E-state index in [1.807, 2.05) is 36.6 Å². The van der Waals surface area contributed by atoms with Crippen LogP contribution in [0.2, 0.25) is 0 Å². The van der Waals surface area contributed by atoms with Crippen LogP contribution in [0.3, 0.4) is 0 Å². The van der Waals surface area contributed by atoms with Gasteiger partial charge in [0.05, 0.1) is 22.8 Å². The quantitative estimate of drug-likeness (QED) is 0.793. The van der Waals surface area contributed by atoms with Crippen LogP contribution in [0.25, 0.3) is 10.9 Å². The summed E-state index contributed by atoms with van der Waals surface area (Å²) in [6, 6.07) is 8.56. The van der Waals surface area contributed by atoms with E-state index in [9.17, 15) is 0 Å². The molecule has 4 nitrogen and oxygen atoms in total. The molecule has 5 heteroatoms. The number of fused-ring (bicyclic) bond motifs is 1. The molecule has 0 aliphatic heterocycles. The first-order valence-electron chi connectivity index (χ1n) is 6.26. The SMILES string of the molecule is CNC(Cc1cncs1)c1nn(C)c2ccccc12. The fourth-order valence-corrected chi connectivity index (χ4v) is 3.02. The Morgan fingerprint density at radius 2 is 2.21 bits per heavy atom. The zero-order valence-electron chi connectivity index (χ0n) is 11.0. The molecule has 0 radical (unpaired) electrons. The van der Waals surface area contributed by atoms with E-state index in [0.29, 0.717) is 0 Å². The maximum absolute atomic E-state index is 4.68. The van der Waals surface area contributed by atoms with E-state index in [1.54, 1.807) is 11.3 Å². The summed E-state index contributed by atoms with van der Waals surface area (Å²) in [7, 11) is 3.97. The second-order valence-electron chi connectivity index (χ2n) is 4.54. The van der Waals surface area contributed by atoms with Gasteiger partial charge in [0.1, 0.15) is 0 Å². The van der Waals surface area contributed by atoms with Gasteiger partial charge in [-0.1, -0.05) is 18.2 Å². The normalized spacial score (nSPS) is 12.9. The van der Waals surface area contributed by atoms with E-state index < -0.39 is 0 Å². The molecule has 0 spiro atoms. The monoisotopic (exact) mass is 272 g/mol. The smallest absolute Gasteiger partial charge is 0.0876 e. The summed E-state index contributed by atoms with van der Waals surface area (Å²) in [5, 5.41) is 9.26. The van der Waals surface area contributed by atoms with Gasteiger partial charge in [0, 0.05) is 29.9 Å². The zero-order valence-corrected chi connectivity index (χ0v) is 11.8. The number of hydrogen-bond acceptors (Lipinski definition) is 4. The summed E-state index contributed by atoms with van der Waals surface area (Å²) >= 11 is 1.69. The lowest BCUT2D eigenvalue weighted by molar-refractivity contribution is 0.570. The van der Waals surface area contributed by atoms with Crippen molar-refractivity contribution in [3.05, 3.63) is 46.5 Å². The molecule has 1 N–H and O–H groups in total. The highest BCUT2D eigenvalue weighted by Gasteiger charge is 2.18. The molecule has 2 heterocycles. The predicted octanol–water partition coefficient (Wildman–Crippen LogP) is 2.53. The topological polar surface area (TPSA) is 42.7 Å². The van der Waals surface area contributed by atoms with Crippen molar-refractivity contribution < 1.29 is 0 Å². The van der Waals surface area contributed by atoms with Gasteiger partial charge in [-0.3, -0.25) is 9.67 Å². The van der Waals surface area contributed by atoms with Crippen LogP contribution < -0.4 is 5.32 Å². The average molecular weight is 272 g/mol. The minimum absolute atomic E-state index is 0.214. The second kappa shape index (κ2) is 5.11. The highest BCUT2D eigenvalue weighted by molar-refractivity contribution is 7.09. The molecule has 3 rings (SSSR count). The van der Waals surface area contributed by atoms with Gasteiger partial charge in [-0.2, -0.15) is 5.10 Å². The van der Waals surface area contributed by atoms with E-state index >= 15 is 0 Å². The first-order chi connectivity index (χ1) is 9.29. The molecule has 0 bridgehead atoms. The van der Waals surface area contributed by atoms with Crippen molar-refractivity contribution in [2.24, 2.45) is 7.05 Å². The average Bonchev–Trinajstić information content (AvgIpc) is 3.05. The summed E-state index contributed by atoms with van der Waals surface area (Å²) in [6.07, 6.45) is 2.85. The molecule has 3 aromatic rings. The number of thiazole rings is 1. The Bertz CT molecular complexity index is 672. The maximum Gasteiger partial charge on any atom is 0.0876 e. The minimum atomic E-state index is 0.214. The molecule has 19 heavy (non-hydrogen) atoms. The summed E-state index contributed by atoms with van der Waals surface area (Å²) in [4.78, 5) is 5.41. The molecule has 1 atom stereocenters. The van der Waals surface area contributed by atoms with Gasteiger partial charge in [0.2, 0.25) is 0 Å². The third-order valence-corrected chi connectivity index (χ3v) is 4.16. The molecule has 1 aromatic carbocycles. The Balaban J connectivity index is 2.01. The lowest BCUT2D eigenvalue weighted by atomic mass is 10.1. The zero-order chi connectivity index (χ0) is 13.2. The van der Waals surface area contributed by atoms with Crippen LogP contribution >= 0.6 is 11.3 Å². The van der Waals surface area contributed by atoms with Crippen molar-refractivity contribution >= 4 is 22.2 Å². The van der Waals surface area contributed by atoms with Gasteiger partial charge in [-0.25, -0.2) is 0 Å². The predicted molar refractivity (Wildman–Crippen MR) is 78.3 cm³/mol. The number of aryl methyl sites for hydroxylation is 1. The third-order valence-electron chi connectivity index (χ3n) is 3.35. The number of para-hydroxylation sites is 1. The van der Waals surface area contributed by atoms with Crippen LogP contribution in [0.15, 0.2) is 36.0 Å². The van der Waals surface area contributed by atoms with E-state index in [2.05, 4.69) is 33.6 Å². The number of nitrogens with one attached hydrogen (secondary N) is 1. The Morgan fingerprint density at radius 1 is 1.37 bits per heavy atom. The second-order valence-corrected chi connectivity index (χ2v) is 5.51. The molecule has 0 aliphatic rings. The molecule has 1 unspecified atom stereocenters. The molecule has 98 valence electrons. The maximum atomic E-state index is 4.68. The van der Waals surface area contributed by atoms with Crippen molar-refractivity contribution in [1.82, 2.24) is 20.1 Å². The summed E-state index contributed by atoms with van der Waals surface area (Å²) in [5.74, 6) is 0. The van der Waals surface area contributed by atoms with E-state index in [4.69, 9.17) is 0 Å². The Labute approximate surface area is 116 Å². The largest absolute Gasteiger partial charge is 0.311 e. The molecule has 2 aromatic heterocycles. The van der Waals surface area contributed by atoms with Gasteiger partial charge in [-0.15, -0.1) is 11.3 Å². The van der Waals surface area contributed by atoms with Crippen molar-refractivity contribution in [3.8, 4) is 0 Å². The molecule has 0 amide bonds. The van der Waals surface area contributed by atoms with E-state index in [-0.39, 0.29) is 6.04 Å². The number of hydrogen-bond donors (Lipinski definition) is 1. The standard InChI is InChI=1S/C14H16N4S/c1-15-12(7-10-8-16-9-19-10)14-11-5-3-4-6-13(11)18(2)17-14/h3-6,8-9,12,15H,7H2,1-2H3. The fraction of sp³-hybridized carbons (Fsp3) is 0.286. The lowest BCUT2D eigenvalue weighted by Gasteiger charge is -2.12. The molecule has 0 aliphatic carbocycles. The van der Waals surface area contributed by atoms with Crippen molar-refractivity contribution in [3.63, 3.8) is 0 Å². The molecular formula is C14H16N4S. The van der Waals surface area contributed by atoms with Gasteiger partial charge in [0.15, 0.2) is 0 Å². The number of likely N-dealkylation sites (N-methyl/N-ethyl adjacent to an activating group) is 1. The van der Waals surface area contributed by atoms with Crippen LogP contribution in [0.1, 0.15) is 16.6 Å². The van der Waals surface area contributed by atoms with Gasteiger partial charge < -0.3 is 5.32 Å². The lowest BCUT2D eigenvalue weighted by Crippen LogP contribution is -2.19. The molecule has 0 saturated heterocycles. The van der Waals surface area contributed by atoms with Crippen LogP contribution in [0.4, 0.5) is 0 Å². The molecule has 0 fully saturated rings. The summed E-state index contributed by atoms with van der Waals surface area (Å²) < 4.78 is 1.95. The van der Waals surface area contributed by atoms with Crippen LogP contribution in [0, 0.1) is 0 Å². The Hall–Kier alpha value is -1.72. The van der Waals surface area contributed by atoms with Gasteiger partial charge in [0.25, 0.3) is 0 Å². The summed E-state index contributed by atoms with van der Waals surface area (Å²) in [6.45, 7) is 0. The highest BCUT2D eigenvalue weighted by Crippen LogP contribution is 2.26. The fourth-order valence-electron chi connectivity index (χ4n) is 2.38. The number of rotatable bonds is 4. The van der Waals surface area contributed by atoms with Gasteiger partial charge in [-0.05, 0) is 13.1 Å². The molecular weight excluding hydrogens is 256 g/mol. The van der Waals surface area contributed by atoms with Crippen LogP contribution in [0.5, 0.6) is 0 Å². The van der Waals surface area contributed by atoms with E-state index in [0.717, 1.165) is 12.1 Å². The number of benzene rings is 1. The van der Waals surface area contributed by atoms with Crippen LogP contribution in [-0.2, 0) is 13.5 Å². The Morgan fingerprint density at radius 3 is 2.95 bits per heavy atom.